The number of hydrogen-bond acceptors (Lipinski definition) is 5. The Kier molecular flexibility index (Phi) is 6.31. The molecule has 0 fully saturated rings. The van der Waals surface area contributed by atoms with Gasteiger partial charge in [0.2, 0.25) is 0 Å². The first kappa shape index (κ1) is 21.8. The minimum atomic E-state index is -0.188. The number of anilines is 1. The molecule has 2 aromatic heterocycles. The van der Waals surface area contributed by atoms with Gasteiger partial charge in [0, 0.05) is 6.20 Å². The van der Waals surface area contributed by atoms with E-state index in [4.69, 9.17) is 9.72 Å². The molecule has 0 aliphatic rings. The molecule has 0 saturated heterocycles. The van der Waals surface area contributed by atoms with E-state index in [1.807, 2.05) is 72.8 Å². The second-order valence-electron chi connectivity index (χ2n) is 7.78. The number of thiazole rings is 1. The Hall–Kier alpha value is -4.03. The third-order valence-corrected chi connectivity index (χ3v) is 6.50. The lowest BCUT2D eigenvalue weighted by Crippen LogP contribution is -2.31. The summed E-state index contributed by atoms with van der Waals surface area (Å²) in [6.45, 7) is 2.43. The lowest BCUT2D eigenvalue weighted by Gasteiger charge is -2.21. The summed E-state index contributed by atoms with van der Waals surface area (Å²) in [5.74, 6) is 0.983. The Labute approximate surface area is 202 Å². The Morgan fingerprint density at radius 2 is 1.74 bits per heavy atom. The average molecular weight is 466 g/mol. The maximum Gasteiger partial charge on any atom is 0.264 e. The highest BCUT2D eigenvalue weighted by atomic mass is 32.1. The van der Waals surface area contributed by atoms with Crippen molar-refractivity contribution in [2.24, 2.45) is 0 Å². The molecule has 34 heavy (non-hydrogen) atoms. The topological polar surface area (TPSA) is 55.3 Å². The van der Waals surface area contributed by atoms with Crippen LogP contribution in [0.5, 0.6) is 11.5 Å². The number of carbonyl (C=O) groups excluding carboxylic acids is 1. The van der Waals surface area contributed by atoms with E-state index in [0.29, 0.717) is 28.7 Å². The molecule has 0 radical (unpaired) electrons. The van der Waals surface area contributed by atoms with E-state index in [1.165, 1.54) is 16.9 Å². The monoisotopic (exact) mass is 465 g/mol. The molecule has 168 valence electrons. The van der Waals surface area contributed by atoms with Crippen molar-refractivity contribution in [2.75, 3.05) is 4.90 Å². The smallest absolute Gasteiger partial charge is 0.264 e. The number of amides is 1. The maximum absolute atomic E-state index is 13.9. The van der Waals surface area contributed by atoms with Gasteiger partial charge in [0.25, 0.3) is 5.91 Å². The number of nitrogens with zero attached hydrogens (tertiary/aromatic N) is 3. The van der Waals surface area contributed by atoms with Gasteiger partial charge in [-0.1, -0.05) is 60.7 Å². The summed E-state index contributed by atoms with van der Waals surface area (Å²) in [7, 11) is 0. The van der Waals surface area contributed by atoms with Crippen LogP contribution in [0.25, 0.3) is 10.2 Å². The van der Waals surface area contributed by atoms with Gasteiger partial charge in [-0.05, 0) is 60.5 Å². The van der Waals surface area contributed by atoms with Crippen LogP contribution in [0, 0.1) is 0 Å². The van der Waals surface area contributed by atoms with Gasteiger partial charge >= 0.3 is 0 Å². The largest absolute Gasteiger partial charge is 0.457 e. The molecule has 5 rings (SSSR count). The zero-order valence-electron chi connectivity index (χ0n) is 18.7. The summed E-state index contributed by atoms with van der Waals surface area (Å²) in [5, 5.41) is 0.633. The van der Waals surface area contributed by atoms with E-state index in [1.54, 1.807) is 17.2 Å². The van der Waals surface area contributed by atoms with Gasteiger partial charge in [0.1, 0.15) is 11.5 Å². The van der Waals surface area contributed by atoms with E-state index < -0.39 is 0 Å². The zero-order valence-corrected chi connectivity index (χ0v) is 19.5. The van der Waals surface area contributed by atoms with E-state index in [0.717, 1.165) is 22.3 Å². The molecule has 1 amide bonds. The van der Waals surface area contributed by atoms with E-state index in [-0.39, 0.29) is 5.91 Å². The molecule has 0 saturated carbocycles. The van der Waals surface area contributed by atoms with Crippen molar-refractivity contribution in [2.45, 2.75) is 19.9 Å². The van der Waals surface area contributed by atoms with Crippen LogP contribution in [0.3, 0.4) is 0 Å². The predicted octanol–water partition coefficient (Wildman–Crippen LogP) is 6.89. The summed E-state index contributed by atoms with van der Waals surface area (Å²) >= 11 is 1.51. The van der Waals surface area contributed by atoms with Crippen LogP contribution in [0.15, 0.2) is 97.2 Å². The van der Waals surface area contributed by atoms with Crippen LogP contribution in [-0.2, 0) is 13.0 Å². The molecule has 0 N–H and O–H groups in total. The van der Waals surface area contributed by atoms with Crippen LogP contribution in [0.2, 0.25) is 0 Å². The first-order valence-electron chi connectivity index (χ1n) is 11.1. The quantitative estimate of drug-likeness (QED) is 0.262. The van der Waals surface area contributed by atoms with Crippen LogP contribution in [-0.4, -0.2) is 15.9 Å². The molecule has 0 aliphatic heterocycles. The number of fused-ring (bicyclic) bond motifs is 1. The van der Waals surface area contributed by atoms with Gasteiger partial charge in [-0.15, -0.1) is 0 Å². The molecule has 5 aromatic rings. The van der Waals surface area contributed by atoms with Crippen molar-refractivity contribution in [1.82, 2.24) is 9.97 Å². The first-order valence-corrected chi connectivity index (χ1v) is 12.0. The highest BCUT2D eigenvalue weighted by molar-refractivity contribution is 7.22. The summed E-state index contributed by atoms with van der Waals surface area (Å²) < 4.78 is 7.13. The summed E-state index contributed by atoms with van der Waals surface area (Å²) in [6.07, 6.45) is 2.68. The normalized spacial score (nSPS) is 10.9. The van der Waals surface area contributed by atoms with Crippen molar-refractivity contribution < 1.29 is 9.53 Å². The molecule has 0 spiro atoms. The molecule has 5 nitrogen and oxygen atoms in total. The highest BCUT2D eigenvalue weighted by Gasteiger charge is 2.25. The average Bonchev–Trinajstić information content (AvgIpc) is 3.31. The molecule has 6 heteroatoms. The van der Waals surface area contributed by atoms with Crippen LogP contribution in [0.4, 0.5) is 5.13 Å². The number of rotatable bonds is 7. The molecule has 0 atom stereocenters. The first-order chi connectivity index (χ1) is 16.7. The number of carbonyl (C=O) groups is 1. The van der Waals surface area contributed by atoms with Crippen molar-refractivity contribution >= 4 is 32.6 Å². The van der Waals surface area contributed by atoms with Crippen molar-refractivity contribution in [3.63, 3.8) is 0 Å². The molecule has 3 aromatic carbocycles. The Balaban J connectivity index is 1.55. The molecule has 0 aliphatic carbocycles. The number of pyridine rings is 1. The summed E-state index contributed by atoms with van der Waals surface area (Å²) in [4.78, 5) is 24.9. The second kappa shape index (κ2) is 9.85. The Bertz CT molecular complexity index is 1420. The number of aromatic nitrogens is 2. The zero-order chi connectivity index (χ0) is 23.3. The Morgan fingerprint density at radius 1 is 0.941 bits per heavy atom. The molecule has 0 unspecified atom stereocenters. The standard InChI is InChI=1S/C28H23N3O2S/c1-2-20-15-16-24-26(18-20)34-28(30-24)31(19-21-10-8-9-17-29-21)27(32)23-13-6-7-14-25(23)33-22-11-4-3-5-12-22/h3-18H,2,19H2,1H3. The number of hydrogen-bond donors (Lipinski definition) is 0. The second-order valence-corrected chi connectivity index (χ2v) is 8.78. The third kappa shape index (κ3) is 4.67. The van der Waals surface area contributed by atoms with E-state index in [2.05, 4.69) is 24.0 Å². The number of aryl methyl sites for hydroxylation is 1. The minimum absolute atomic E-state index is 0.188. The lowest BCUT2D eigenvalue weighted by atomic mass is 10.1. The van der Waals surface area contributed by atoms with Crippen molar-refractivity contribution in [3.05, 3.63) is 114 Å². The van der Waals surface area contributed by atoms with Crippen LogP contribution >= 0.6 is 11.3 Å². The van der Waals surface area contributed by atoms with Gasteiger partial charge in [0.15, 0.2) is 5.13 Å². The SMILES string of the molecule is CCc1ccc2nc(N(Cc3ccccn3)C(=O)c3ccccc3Oc3ccccc3)sc2c1. The predicted molar refractivity (Wildman–Crippen MR) is 137 cm³/mol. The lowest BCUT2D eigenvalue weighted by molar-refractivity contribution is 0.0982. The number of benzene rings is 3. The molecular weight excluding hydrogens is 442 g/mol. The van der Waals surface area contributed by atoms with E-state index >= 15 is 0 Å². The summed E-state index contributed by atoms with van der Waals surface area (Å²) in [5.41, 5.74) is 3.37. The molecular formula is C28H23N3O2S. The fourth-order valence-electron chi connectivity index (χ4n) is 3.67. The van der Waals surface area contributed by atoms with E-state index in [9.17, 15) is 4.79 Å². The fraction of sp³-hybridized carbons (Fsp3) is 0.107. The van der Waals surface area contributed by atoms with Gasteiger partial charge < -0.3 is 4.74 Å². The van der Waals surface area contributed by atoms with Gasteiger partial charge in [-0.25, -0.2) is 4.98 Å². The fourth-order valence-corrected chi connectivity index (χ4v) is 4.69. The van der Waals surface area contributed by atoms with Crippen LogP contribution in [0.1, 0.15) is 28.5 Å². The van der Waals surface area contributed by atoms with Crippen molar-refractivity contribution in [3.8, 4) is 11.5 Å². The Morgan fingerprint density at radius 3 is 2.53 bits per heavy atom. The number of para-hydroxylation sites is 2. The summed E-state index contributed by atoms with van der Waals surface area (Å²) in [6, 6.07) is 28.7. The molecule has 0 bridgehead atoms. The third-order valence-electron chi connectivity index (χ3n) is 5.46. The van der Waals surface area contributed by atoms with Gasteiger partial charge in [-0.2, -0.15) is 0 Å². The number of ether oxygens (including phenoxy) is 1. The highest BCUT2D eigenvalue weighted by Crippen LogP contribution is 2.33. The minimum Gasteiger partial charge on any atom is -0.457 e. The maximum atomic E-state index is 13.9. The van der Waals surface area contributed by atoms with Crippen molar-refractivity contribution in [1.29, 1.82) is 0 Å². The van der Waals surface area contributed by atoms with Gasteiger partial charge in [-0.3, -0.25) is 14.7 Å². The van der Waals surface area contributed by atoms with Gasteiger partial charge in [0.05, 0.1) is 28.0 Å². The van der Waals surface area contributed by atoms with Crippen LogP contribution < -0.4 is 9.64 Å². The molecule has 2 heterocycles.